The molecule has 2 heteroatoms. The van der Waals surface area contributed by atoms with Crippen molar-refractivity contribution in [1.29, 1.82) is 0 Å². The minimum Gasteiger partial charge on any atom is -0.306 e. The lowest BCUT2D eigenvalue weighted by atomic mass is 9.77. The Kier molecular flexibility index (Phi) is 4.92. The minimum atomic E-state index is 0.147. The van der Waals surface area contributed by atoms with Gasteiger partial charge in [0.1, 0.15) is 0 Å². The van der Waals surface area contributed by atoms with Gasteiger partial charge in [0.25, 0.3) is 0 Å². The second kappa shape index (κ2) is 6.28. The Hall–Kier alpha value is -0.530. The van der Waals surface area contributed by atoms with Crippen molar-refractivity contribution < 1.29 is 0 Å². The molecule has 2 atom stereocenters. The van der Waals surface area contributed by atoms with E-state index in [4.69, 9.17) is 11.6 Å². The van der Waals surface area contributed by atoms with Crippen LogP contribution in [0.15, 0.2) is 18.2 Å². The van der Waals surface area contributed by atoms with E-state index in [1.54, 1.807) is 0 Å². The lowest BCUT2D eigenvalue weighted by Gasteiger charge is -2.40. The van der Waals surface area contributed by atoms with Gasteiger partial charge < -0.3 is 5.32 Å². The number of benzene rings is 1. The molecule has 0 aliphatic heterocycles. The summed E-state index contributed by atoms with van der Waals surface area (Å²) in [5.41, 5.74) is 4.33. The van der Waals surface area contributed by atoms with Gasteiger partial charge in [-0.15, -0.1) is 11.6 Å². The Labute approximate surface area is 122 Å². The van der Waals surface area contributed by atoms with Gasteiger partial charge in [0, 0.05) is 18.0 Å². The quantitative estimate of drug-likeness (QED) is 0.796. The van der Waals surface area contributed by atoms with Gasteiger partial charge in [-0.3, -0.25) is 0 Å². The van der Waals surface area contributed by atoms with Crippen molar-refractivity contribution in [3.63, 3.8) is 0 Å². The lowest BCUT2D eigenvalue weighted by Crippen LogP contribution is -2.49. The van der Waals surface area contributed by atoms with Crippen LogP contribution in [0.2, 0.25) is 0 Å². The third kappa shape index (κ3) is 3.52. The van der Waals surface area contributed by atoms with Crippen LogP contribution in [0, 0.1) is 19.8 Å². The summed E-state index contributed by atoms with van der Waals surface area (Å²) in [6.07, 6.45) is 5.07. The van der Waals surface area contributed by atoms with Gasteiger partial charge in [-0.1, -0.05) is 38.0 Å². The maximum atomic E-state index is 6.29. The topological polar surface area (TPSA) is 12.0 Å². The summed E-state index contributed by atoms with van der Waals surface area (Å²) in [6.45, 7) is 7.68. The first kappa shape index (κ1) is 14.9. The Bertz CT molecular complexity index is 409. The van der Waals surface area contributed by atoms with Gasteiger partial charge in [0.05, 0.1) is 0 Å². The SMILES string of the molecule is Cc1cccc(C)c1CNC1(CCl)CCCC(C)C1. The summed E-state index contributed by atoms with van der Waals surface area (Å²) >= 11 is 6.29. The zero-order valence-electron chi connectivity index (χ0n) is 12.4. The molecule has 0 spiro atoms. The summed E-state index contributed by atoms with van der Waals surface area (Å²) in [5, 5.41) is 3.78. The molecule has 0 aromatic heterocycles. The third-order valence-electron chi connectivity index (χ3n) is 4.63. The number of nitrogens with one attached hydrogen (secondary N) is 1. The van der Waals surface area contributed by atoms with Crippen molar-refractivity contribution in [1.82, 2.24) is 5.32 Å². The number of halogens is 1. The Morgan fingerprint density at radius 3 is 2.58 bits per heavy atom. The monoisotopic (exact) mass is 279 g/mol. The van der Waals surface area contributed by atoms with E-state index in [1.807, 2.05) is 0 Å². The van der Waals surface area contributed by atoms with E-state index in [2.05, 4.69) is 44.3 Å². The molecule has 1 aromatic carbocycles. The van der Waals surface area contributed by atoms with Crippen LogP contribution in [-0.4, -0.2) is 11.4 Å². The molecule has 0 heterocycles. The second-order valence-electron chi connectivity index (χ2n) is 6.34. The van der Waals surface area contributed by atoms with Crippen molar-refractivity contribution in [3.05, 3.63) is 34.9 Å². The molecule has 0 amide bonds. The first-order valence-corrected chi connectivity index (χ1v) is 7.96. The zero-order valence-corrected chi connectivity index (χ0v) is 13.2. The van der Waals surface area contributed by atoms with Gasteiger partial charge in [0.2, 0.25) is 0 Å². The average molecular weight is 280 g/mol. The number of rotatable bonds is 4. The molecule has 1 fully saturated rings. The fourth-order valence-electron chi connectivity index (χ4n) is 3.39. The summed E-state index contributed by atoms with van der Waals surface area (Å²) in [4.78, 5) is 0. The van der Waals surface area contributed by atoms with Crippen LogP contribution in [0.5, 0.6) is 0 Å². The molecule has 106 valence electrons. The summed E-state index contributed by atoms with van der Waals surface area (Å²) in [7, 11) is 0. The van der Waals surface area contributed by atoms with Gasteiger partial charge >= 0.3 is 0 Å². The van der Waals surface area contributed by atoms with Crippen LogP contribution in [0.3, 0.4) is 0 Å². The highest BCUT2D eigenvalue weighted by atomic mass is 35.5. The van der Waals surface area contributed by atoms with E-state index in [0.29, 0.717) is 0 Å². The standard InChI is InChI=1S/C17H26ClN/c1-13-6-5-9-17(10-13,12-18)19-11-16-14(2)7-4-8-15(16)3/h4,7-8,13,19H,5-6,9-12H2,1-3H3. The molecule has 1 aliphatic rings. The highest BCUT2D eigenvalue weighted by molar-refractivity contribution is 6.18. The summed E-state index contributed by atoms with van der Waals surface area (Å²) < 4.78 is 0. The Morgan fingerprint density at radius 2 is 2.00 bits per heavy atom. The predicted octanol–water partition coefficient (Wildman–Crippen LogP) is 4.58. The van der Waals surface area contributed by atoms with Gasteiger partial charge in [-0.2, -0.15) is 0 Å². The molecule has 1 aromatic rings. The Balaban J connectivity index is 2.07. The molecular formula is C17H26ClN. The van der Waals surface area contributed by atoms with Crippen molar-refractivity contribution in [2.75, 3.05) is 5.88 Å². The highest BCUT2D eigenvalue weighted by Crippen LogP contribution is 2.33. The number of hydrogen-bond acceptors (Lipinski definition) is 1. The van der Waals surface area contributed by atoms with Crippen LogP contribution in [-0.2, 0) is 6.54 Å². The van der Waals surface area contributed by atoms with Crippen molar-refractivity contribution in [2.24, 2.45) is 5.92 Å². The molecule has 0 radical (unpaired) electrons. The molecule has 1 saturated carbocycles. The van der Waals surface area contributed by atoms with E-state index in [9.17, 15) is 0 Å². The zero-order chi connectivity index (χ0) is 13.9. The summed E-state index contributed by atoms with van der Waals surface area (Å²) in [5.74, 6) is 1.51. The smallest absolute Gasteiger partial charge is 0.0406 e. The van der Waals surface area contributed by atoms with Crippen LogP contribution in [0.25, 0.3) is 0 Å². The van der Waals surface area contributed by atoms with Crippen molar-refractivity contribution in [3.8, 4) is 0 Å². The van der Waals surface area contributed by atoms with Gasteiger partial charge in [0.15, 0.2) is 0 Å². The molecule has 2 rings (SSSR count). The van der Waals surface area contributed by atoms with E-state index in [0.717, 1.165) is 18.3 Å². The van der Waals surface area contributed by atoms with Crippen molar-refractivity contribution >= 4 is 11.6 Å². The third-order valence-corrected chi connectivity index (χ3v) is 5.14. The predicted molar refractivity (Wildman–Crippen MR) is 83.8 cm³/mol. The fourth-order valence-corrected chi connectivity index (χ4v) is 3.73. The normalized spacial score (nSPS) is 27.5. The van der Waals surface area contributed by atoms with Crippen LogP contribution >= 0.6 is 11.6 Å². The molecule has 0 saturated heterocycles. The second-order valence-corrected chi connectivity index (χ2v) is 6.61. The van der Waals surface area contributed by atoms with Crippen LogP contribution in [0.1, 0.15) is 49.3 Å². The first-order chi connectivity index (χ1) is 9.06. The van der Waals surface area contributed by atoms with E-state index in [1.165, 1.54) is 42.4 Å². The fraction of sp³-hybridized carbons (Fsp3) is 0.647. The Morgan fingerprint density at radius 1 is 1.32 bits per heavy atom. The average Bonchev–Trinajstić information content (AvgIpc) is 2.38. The number of aryl methyl sites for hydroxylation is 2. The molecule has 0 bridgehead atoms. The largest absolute Gasteiger partial charge is 0.306 e. The first-order valence-electron chi connectivity index (χ1n) is 7.42. The number of hydrogen-bond donors (Lipinski definition) is 1. The van der Waals surface area contributed by atoms with E-state index in [-0.39, 0.29) is 5.54 Å². The maximum Gasteiger partial charge on any atom is 0.0406 e. The minimum absolute atomic E-state index is 0.147. The molecule has 19 heavy (non-hydrogen) atoms. The van der Waals surface area contributed by atoms with Gasteiger partial charge in [-0.25, -0.2) is 0 Å². The lowest BCUT2D eigenvalue weighted by molar-refractivity contribution is 0.207. The highest BCUT2D eigenvalue weighted by Gasteiger charge is 2.33. The van der Waals surface area contributed by atoms with Crippen LogP contribution < -0.4 is 5.32 Å². The van der Waals surface area contributed by atoms with Gasteiger partial charge in [-0.05, 0) is 49.3 Å². The van der Waals surface area contributed by atoms with E-state index < -0.39 is 0 Å². The van der Waals surface area contributed by atoms with E-state index >= 15 is 0 Å². The van der Waals surface area contributed by atoms with Crippen LogP contribution in [0.4, 0.5) is 0 Å². The van der Waals surface area contributed by atoms with Crippen molar-refractivity contribution in [2.45, 2.75) is 58.5 Å². The molecule has 1 aliphatic carbocycles. The molecule has 1 nitrogen and oxygen atoms in total. The molecule has 2 unspecified atom stereocenters. The summed E-state index contributed by atoms with van der Waals surface area (Å²) in [6, 6.07) is 6.52. The number of alkyl halides is 1. The molecule has 1 N–H and O–H groups in total. The molecular weight excluding hydrogens is 254 g/mol. The maximum absolute atomic E-state index is 6.29.